The molecule has 0 aromatic carbocycles. The van der Waals surface area contributed by atoms with Crippen molar-refractivity contribution in [3.63, 3.8) is 0 Å². The molecule has 0 amide bonds. The first-order chi connectivity index (χ1) is 7.30. The molecule has 0 aliphatic carbocycles. The molecule has 4 nitrogen and oxygen atoms in total. The molecule has 0 saturated heterocycles. The van der Waals surface area contributed by atoms with Crippen LogP contribution in [-0.4, -0.2) is 27.4 Å². The average molecular weight is 253 g/mol. The number of halogens is 3. The van der Waals surface area contributed by atoms with Gasteiger partial charge >= 0.3 is 6.18 Å². The van der Waals surface area contributed by atoms with Crippen LogP contribution in [0, 0.1) is 0 Å². The molecule has 1 aromatic heterocycles. The Kier molecular flexibility index (Phi) is 3.98. The van der Waals surface area contributed by atoms with Crippen LogP contribution in [0.1, 0.15) is 6.92 Å². The van der Waals surface area contributed by atoms with E-state index in [1.165, 1.54) is 6.92 Å². The molecule has 0 spiro atoms. The van der Waals surface area contributed by atoms with Gasteiger partial charge in [-0.1, -0.05) is 11.8 Å². The van der Waals surface area contributed by atoms with Crippen molar-refractivity contribution in [2.24, 2.45) is 5.73 Å². The Morgan fingerprint density at radius 3 is 2.62 bits per heavy atom. The summed E-state index contributed by atoms with van der Waals surface area (Å²) in [5.41, 5.74) is 4.75. The van der Waals surface area contributed by atoms with Crippen LogP contribution in [0.3, 0.4) is 0 Å². The number of alkyl halides is 3. The summed E-state index contributed by atoms with van der Waals surface area (Å²) >= 11 is 0.401. The minimum Gasteiger partial charge on any atom is -0.327 e. The third-order valence-electron chi connectivity index (χ3n) is 1.69. The first kappa shape index (κ1) is 13.0. The van der Waals surface area contributed by atoms with Gasteiger partial charge in [0, 0.05) is 18.3 Å². The molecule has 8 heteroatoms. The number of thioether (sulfide) groups is 1. The van der Waals surface area contributed by atoms with Crippen molar-refractivity contribution >= 4 is 11.8 Å². The van der Waals surface area contributed by atoms with E-state index < -0.39 is 23.0 Å². The highest BCUT2D eigenvalue weighted by Gasteiger charge is 2.43. The molecule has 1 rings (SSSR count). The van der Waals surface area contributed by atoms with Crippen molar-refractivity contribution in [2.75, 3.05) is 0 Å². The van der Waals surface area contributed by atoms with E-state index in [1.807, 2.05) is 0 Å². The van der Waals surface area contributed by atoms with Gasteiger partial charge in [0.2, 0.25) is 0 Å². The highest BCUT2D eigenvalue weighted by molar-refractivity contribution is 7.99. The minimum atomic E-state index is -4.44. The van der Waals surface area contributed by atoms with Crippen LogP contribution in [0.5, 0.6) is 0 Å². The number of hydrogen-bond acceptors (Lipinski definition) is 4. The average Bonchev–Trinajstić information content (AvgIpc) is 2.12. The topological polar surface area (TPSA) is 71.8 Å². The summed E-state index contributed by atoms with van der Waals surface area (Å²) in [6, 6.07) is 0.0360. The lowest BCUT2D eigenvalue weighted by atomic mass is 10.2. The Hall–Kier alpha value is -1.02. The normalized spacial score (nSPS) is 15.8. The standard InChI is InChI=1S/C8H10F3N3OS/c1-4(12)6(8(9,10)11)16-7-13-3-2-5(15)14-7/h2-4,6H,12H2,1H3,(H,13,14,15). The summed E-state index contributed by atoms with van der Waals surface area (Å²) in [5, 5.41) is -1.88. The van der Waals surface area contributed by atoms with Gasteiger partial charge < -0.3 is 10.7 Å². The first-order valence-corrected chi connectivity index (χ1v) is 5.23. The van der Waals surface area contributed by atoms with E-state index in [2.05, 4.69) is 9.97 Å². The Bertz CT molecular complexity index is 404. The van der Waals surface area contributed by atoms with Crippen molar-refractivity contribution in [1.82, 2.24) is 9.97 Å². The second-order valence-corrected chi connectivity index (χ2v) is 4.31. The number of nitrogens with two attached hydrogens (primary N) is 1. The van der Waals surface area contributed by atoms with Crippen LogP contribution in [0.4, 0.5) is 13.2 Å². The summed E-state index contributed by atoms with van der Waals surface area (Å²) < 4.78 is 37.6. The Balaban J connectivity index is 2.89. The Morgan fingerprint density at radius 1 is 1.56 bits per heavy atom. The highest BCUT2D eigenvalue weighted by Crippen LogP contribution is 2.34. The number of rotatable bonds is 3. The second-order valence-electron chi connectivity index (χ2n) is 3.18. The van der Waals surface area contributed by atoms with Gasteiger partial charge in [-0.2, -0.15) is 13.2 Å². The molecule has 0 aliphatic rings. The molecule has 0 aliphatic heterocycles. The molecule has 3 N–H and O–H groups in total. The van der Waals surface area contributed by atoms with E-state index >= 15 is 0 Å². The van der Waals surface area contributed by atoms with Gasteiger partial charge in [-0.25, -0.2) is 4.98 Å². The molecular formula is C8H10F3N3OS. The minimum absolute atomic E-state index is 0.0906. The third kappa shape index (κ3) is 3.53. The number of aromatic amines is 1. The van der Waals surface area contributed by atoms with Gasteiger partial charge in [0.05, 0.1) is 0 Å². The van der Waals surface area contributed by atoms with Gasteiger partial charge in [-0.15, -0.1) is 0 Å². The SMILES string of the molecule is CC(N)C(Sc1nccc(=O)[nH]1)C(F)(F)F. The van der Waals surface area contributed by atoms with Gasteiger partial charge in [0.1, 0.15) is 5.25 Å². The molecule has 16 heavy (non-hydrogen) atoms. The predicted molar refractivity (Wildman–Crippen MR) is 54.2 cm³/mol. The smallest absolute Gasteiger partial charge is 0.327 e. The maximum atomic E-state index is 12.5. The van der Waals surface area contributed by atoms with Crippen LogP contribution < -0.4 is 11.3 Å². The van der Waals surface area contributed by atoms with Crippen LogP contribution in [0.2, 0.25) is 0 Å². The number of nitrogens with zero attached hydrogens (tertiary/aromatic N) is 1. The summed E-state index contributed by atoms with van der Waals surface area (Å²) in [7, 11) is 0. The number of aromatic nitrogens is 2. The maximum absolute atomic E-state index is 12.5. The fourth-order valence-electron chi connectivity index (χ4n) is 1.00. The molecule has 1 aromatic rings. The summed E-state index contributed by atoms with van der Waals surface area (Å²) in [6.45, 7) is 1.26. The van der Waals surface area contributed by atoms with Crippen molar-refractivity contribution in [3.8, 4) is 0 Å². The summed E-state index contributed by atoms with van der Waals surface area (Å²) in [5.74, 6) is 0. The molecule has 90 valence electrons. The van der Waals surface area contributed by atoms with Crippen LogP contribution in [0.25, 0.3) is 0 Å². The van der Waals surface area contributed by atoms with Crippen LogP contribution in [-0.2, 0) is 0 Å². The van der Waals surface area contributed by atoms with E-state index in [4.69, 9.17) is 5.73 Å². The molecule has 0 radical (unpaired) electrons. The molecule has 0 saturated carbocycles. The summed E-state index contributed by atoms with van der Waals surface area (Å²) in [6.07, 6.45) is -3.29. The lowest BCUT2D eigenvalue weighted by Gasteiger charge is -2.22. The second kappa shape index (κ2) is 4.88. The largest absolute Gasteiger partial charge is 0.402 e. The van der Waals surface area contributed by atoms with E-state index in [1.54, 1.807) is 0 Å². The summed E-state index contributed by atoms with van der Waals surface area (Å²) in [4.78, 5) is 16.7. The highest BCUT2D eigenvalue weighted by atomic mass is 32.2. The fourth-order valence-corrected chi connectivity index (χ4v) is 1.87. The lowest BCUT2D eigenvalue weighted by Crippen LogP contribution is -2.40. The van der Waals surface area contributed by atoms with Crippen molar-refractivity contribution in [1.29, 1.82) is 0 Å². The third-order valence-corrected chi connectivity index (χ3v) is 3.07. The van der Waals surface area contributed by atoms with Gasteiger partial charge in [-0.3, -0.25) is 4.79 Å². The van der Waals surface area contributed by atoms with E-state index in [-0.39, 0.29) is 5.16 Å². The molecule has 2 atom stereocenters. The zero-order valence-electron chi connectivity index (χ0n) is 8.28. The number of H-pyrrole nitrogens is 1. The van der Waals surface area contributed by atoms with Gasteiger partial charge in [-0.05, 0) is 6.92 Å². The number of hydrogen-bond donors (Lipinski definition) is 2. The van der Waals surface area contributed by atoms with E-state index in [9.17, 15) is 18.0 Å². The van der Waals surface area contributed by atoms with Crippen molar-refractivity contribution in [3.05, 3.63) is 22.6 Å². The first-order valence-electron chi connectivity index (χ1n) is 4.35. The van der Waals surface area contributed by atoms with Crippen molar-refractivity contribution < 1.29 is 13.2 Å². The zero-order chi connectivity index (χ0) is 12.3. The molecule has 1 heterocycles. The van der Waals surface area contributed by atoms with Crippen LogP contribution in [0.15, 0.2) is 22.2 Å². The fraction of sp³-hybridized carbons (Fsp3) is 0.500. The van der Waals surface area contributed by atoms with E-state index in [0.29, 0.717) is 11.8 Å². The lowest BCUT2D eigenvalue weighted by molar-refractivity contribution is -0.131. The van der Waals surface area contributed by atoms with E-state index in [0.717, 1.165) is 12.3 Å². The zero-order valence-corrected chi connectivity index (χ0v) is 9.10. The molecule has 0 fully saturated rings. The van der Waals surface area contributed by atoms with Crippen LogP contribution >= 0.6 is 11.8 Å². The predicted octanol–water partition coefficient (Wildman–Crippen LogP) is 1.14. The molecule has 2 unspecified atom stereocenters. The van der Waals surface area contributed by atoms with Gasteiger partial charge in [0.15, 0.2) is 5.16 Å². The Morgan fingerprint density at radius 2 is 2.19 bits per heavy atom. The monoisotopic (exact) mass is 253 g/mol. The molecular weight excluding hydrogens is 243 g/mol. The Labute approximate surface area is 93.5 Å². The maximum Gasteiger partial charge on any atom is 0.402 e. The molecule has 0 bridgehead atoms. The number of nitrogens with one attached hydrogen (secondary N) is 1. The van der Waals surface area contributed by atoms with Gasteiger partial charge in [0.25, 0.3) is 5.56 Å². The quantitative estimate of drug-likeness (QED) is 0.626. The van der Waals surface area contributed by atoms with Crippen molar-refractivity contribution in [2.45, 2.75) is 29.5 Å².